The molecule has 3 rings (SSSR count). The zero-order valence-corrected chi connectivity index (χ0v) is 14.3. The van der Waals surface area contributed by atoms with Crippen molar-refractivity contribution in [2.75, 3.05) is 6.54 Å². The van der Waals surface area contributed by atoms with Gasteiger partial charge in [0, 0.05) is 5.56 Å². The van der Waals surface area contributed by atoms with Crippen molar-refractivity contribution in [3.8, 4) is 23.0 Å². The molecule has 0 radical (unpaired) electrons. The van der Waals surface area contributed by atoms with Gasteiger partial charge in [-0.05, 0) is 28.8 Å². The molecular formula is C23H19NO2. The predicted molar refractivity (Wildman–Crippen MR) is 103 cm³/mol. The van der Waals surface area contributed by atoms with Crippen LogP contribution in [-0.4, -0.2) is 12.6 Å². The lowest BCUT2D eigenvalue weighted by Crippen LogP contribution is -2.24. The van der Waals surface area contributed by atoms with E-state index in [1.165, 1.54) is 5.56 Å². The van der Waals surface area contributed by atoms with E-state index in [1.807, 2.05) is 72.8 Å². The Morgan fingerprint density at radius 2 is 1.42 bits per heavy atom. The third-order valence-electron chi connectivity index (χ3n) is 3.76. The van der Waals surface area contributed by atoms with Crippen molar-refractivity contribution < 1.29 is 9.53 Å². The maximum absolute atomic E-state index is 11.6. The van der Waals surface area contributed by atoms with Crippen LogP contribution in [-0.2, 0) is 11.3 Å². The van der Waals surface area contributed by atoms with Gasteiger partial charge < -0.3 is 10.1 Å². The summed E-state index contributed by atoms with van der Waals surface area (Å²) in [5.41, 5.74) is 4.19. The second-order valence-electron chi connectivity index (χ2n) is 5.66. The molecule has 1 amide bonds. The van der Waals surface area contributed by atoms with Gasteiger partial charge in [-0.3, -0.25) is 0 Å². The van der Waals surface area contributed by atoms with Crippen LogP contribution in [0.25, 0.3) is 11.1 Å². The van der Waals surface area contributed by atoms with Crippen molar-refractivity contribution in [3.05, 3.63) is 96.1 Å². The number of benzene rings is 3. The first-order valence-corrected chi connectivity index (χ1v) is 8.40. The predicted octanol–water partition coefficient (Wildman–Crippen LogP) is 4.63. The summed E-state index contributed by atoms with van der Waals surface area (Å²) in [7, 11) is 0. The van der Waals surface area contributed by atoms with Gasteiger partial charge in [0.2, 0.25) is 0 Å². The van der Waals surface area contributed by atoms with Gasteiger partial charge in [-0.25, -0.2) is 4.79 Å². The lowest BCUT2D eigenvalue weighted by atomic mass is 10.0. The van der Waals surface area contributed by atoms with Crippen molar-refractivity contribution in [2.45, 2.75) is 6.61 Å². The topological polar surface area (TPSA) is 38.3 Å². The van der Waals surface area contributed by atoms with Gasteiger partial charge in [-0.15, -0.1) is 0 Å². The Bertz CT molecular complexity index is 892. The second-order valence-corrected chi connectivity index (χ2v) is 5.66. The fraction of sp³-hybridized carbons (Fsp3) is 0.0870. The normalized spacial score (nSPS) is 9.69. The number of hydrogen-bond acceptors (Lipinski definition) is 2. The second kappa shape index (κ2) is 9.10. The van der Waals surface area contributed by atoms with Crippen LogP contribution in [0.2, 0.25) is 0 Å². The highest BCUT2D eigenvalue weighted by molar-refractivity contribution is 5.67. The zero-order valence-electron chi connectivity index (χ0n) is 14.3. The van der Waals surface area contributed by atoms with Crippen molar-refractivity contribution in [2.24, 2.45) is 0 Å². The van der Waals surface area contributed by atoms with Crippen LogP contribution in [0.1, 0.15) is 11.1 Å². The number of alkyl carbamates (subject to hydrolysis) is 1. The van der Waals surface area contributed by atoms with Gasteiger partial charge in [0.05, 0.1) is 6.54 Å². The maximum atomic E-state index is 11.6. The summed E-state index contributed by atoms with van der Waals surface area (Å²) in [6, 6.07) is 27.8. The van der Waals surface area contributed by atoms with Crippen molar-refractivity contribution in [1.29, 1.82) is 0 Å². The molecule has 0 aliphatic heterocycles. The number of amides is 1. The first kappa shape index (κ1) is 17.3. The van der Waals surface area contributed by atoms with E-state index in [2.05, 4.69) is 29.3 Å². The van der Waals surface area contributed by atoms with Gasteiger partial charge in [0.15, 0.2) is 0 Å². The molecule has 0 atom stereocenters. The fourth-order valence-electron chi connectivity index (χ4n) is 2.41. The Morgan fingerprint density at radius 1 is 0.808 bits per heavy atom. The highest BCUT2D eigenvalue weighted by atomic mass is 16.5. The molecular weight excluding hydrogens is 322 g/mol. The molecule has 3 aromatic carbocycles. The molecule has 3 nitrogen and oxygen atoms in total. The summed E-state index contributed by atoms with van der Waals surface area (Å²) in [4.78, 5) is 11.6. The van der Waals surface area contributed by atoms with E-state index in [0.29, 0.717) is 0 Å². The van der Waals surface area contributed by atoms with E-state index in [-0.39, 0.29) is 13.2 Å². The van der Waals surface area contributed by atoms with Crippen LogP contribution in [0.3, 0.4) is 0 Å². The van der Waals surface area contributed by atoms with E-state index in [9.17, 15) is 4.79 Å². The van der Waals surface area contributed by atoms with Crippen molar-refractivity contribution >= 4 is 6.09 Å². The summed E-state index contributed by atoms with van der Waals surface area (Å²) < 4.78 is 5.13. The monoisotopic (exact) mass is 341 g/mol. The Kier molecular flexibility index (Phi) is 6.06. The highest BCUT2D eigenvalue weighted by Crippen LogP contribution is 2.18. The molecule has 0 aliphatic rings. The number of nitrogens with one attached hydrogen (secondary N) is 1. The average Bonchev–Trinajstić information content (AvgIpc) is 2.71. The molecule has 3 aromatic rings. The van der Waals surface area contributed by atoms with Crippen LogP contribution in [0.4, 0.5) is 4.79 Å². The molecule has 0 saturated carbocycles. The lowest BCUT2D eigenvalue weighted by Gasteiger charge is -2.04. The molecule has 0 bridgehead atoms. The molecule has 128 valence electrons. The van der Waals surface area contributed by atoms with Crippen molar-refractivity contribution in [3.63, 3.8) is 0 Å². The van der Waals surface area contributed by atoms with Gasteiger partial charge in [-0.1, -0.05) is 84.6 Å². The molecule has 0 aromatic heterocycles. The van der Waals surface area contributed by atoms with Gasteiger partial charge in [0.1, 0.15) is 6.61 Å². The SMILES string of the molecule is O=C(NCC#Cc1ccc(-c2ccccc2)cc1)OCc1ccccc1. The molecule has 0 heterocycles. The van der Waals surface area contributed by atoms with E-state index >= 15 is 0 Å². The smallest absolute Gasteiger partial charge is 0.408 e. The molecule has 0 saturated heterocycles. The third kappa shape index (κ3) is 5.25. The van der Waals surface area contributed by atoms with Crippen LogP contribution in [0.5, 0.6) is 0 Å². The highest BCUT2D eigenvalue weighted by Gasteiger charge is 2.00. The van der Waals surface area contributed by atoms with Crippen LogP contribution < -0.4 is 5.32 Å². The molecule has 0 unspecified atom stereocenters. The first-order chi connectivity index (χ1) is 12.8. The Balaban J connectivity index is 1.45. The van der Waals surface area contributed by atoms with Crippen LogP contribution in [0.15, 0.2) is 84.9 Å². The van der Waals surface area contributed by atoms with Gasteiger partial charge in [-0.2, -0.15) is 0 Å². The number of carbonyl (C=O) groups is 1. The number of rotatable bonds is 4. The molecule has 3 heteroatoms. The van der Waals surface area contributed by atoms with Crippen LogP contribution in [0, 0.1) is 11.8 Å². The zero-order chi connectivity index (χ0) is 18.0. The number of hydrogen-bond donors (Lipinski definition) is 1. The molecule has 1 N–H and O–H groups in total. The summed E-state index contributed by atoms with van der Waals surface area (Å²) in [5.74, 6) is 5.96. The minimum Gasteiger partial charge on any atom is -0.445 e. The molecule has 0 fully saturated rings. The van der Waals surface area contributed by atoms with Crippen molar-refractivity contribution in [1.82, 2.24) is 5.32 Å². The number of carbonyl (C=O) groups excluding carboxylic acids is 1. The quantitative estimate of drug-likeness (QED) is 0.703. The fourth-order valence-corrected chi connectivity index (χ4v) is 2.41. The van der Waals surface area contributed by atoms with E-state index in [0.717, 1.165) is 16.7 Å². The summed E-state index contributed by atoms with van der Waals surface area (Å²) >= 11 is 0. The molecule has 0 spiro atoms. The average molecular weight is 341 g/mol. The van der Waals surface area contributed by atoms with E-state index in [1.54, 1.807) is 0 Å². The maximum Gasteiger partial charge on any atom is 0.408 e. The Morgan fingerprint density at radius 3 is 2.12 bits per heavy atom. The third-order valence-corrected chi connectivity index (χ3v) is 3.76. The van der Waals surface area contributed by atoms with Crippen LogP contribution >= 0.6 is 0 Å². The largest absolute Gasteiger partial charge is 0.445 e. The van der Waals surface area contributed by atoms with Gasteiger partial charge >= 0.3 is 6.09 Å². The minimum atomic E-state index is -0.470. The first-order valence-electron chi connectivity index (χ1n) is 8.40. The summed E-state index contributed by atoms with van der Waals surface area (Å²) in [6.07, 6.45) is -0.470. The lowest BCUT2D eigenvalue weighted by molar-refractivity contribution is 0.141. The summed E-state index contributed by atoms with van der Waals surface area (Å²) in [5, 5.41) is 2.63. The van der Waals surface area contributed by atoms with E-state index < -0.39 is 6.09 Å². The minimum absolute atomic E-state index is 0.244. The standard InChI is InChI=1S/C23H19NO2/c25-23(26-18-20-8-3-1-4-9-20)24-17-7-10-19-13-15-22(16-14-19)21-11-5-2-6-12-21/h1-6,8-9,11-16H,17-18H2,(H,24,25). The molecule has 0 aliphatic carbocycles. The Hall–Kier alpha value is -3.51. The van der Waals surface area contributed by atoms with E-state index in [4.69, 9.17) is 4.74 Å². The Labute approximate surface area is 153 Å². The number of ether oxygens (including phenoxy) is 1. The molecule has 26 heavy (non-hydrogen) atoms. The summed E-state index contributed by atoms with van der Waals surface area (Å²) in [6.45, 7) is 0.495. The van der Waals surface area contributed by atoms with Gasteiger partial charge in [0.25, 0.3) is 0 Å².